The van der Waals surface area contributed by atoms with Gasteiger partial charge in [-0.1, -0.05) is 0 Å². The van der Waals surface area contributed by atoms with Crippen LogP contribution < -0.4 is 0 Å². The third-order valence-electron chi connectivity index (χ3n) is 2.10. The Morgan fingerprint density at radius 1 is 1.36 bits per heavy atom. The summed E-state index contributed by atoms with van der Waals surface area (Å²) in [4.78, 5) is 0. The fourth-order valence-corrected chi connectivity index (χ4v) is 1.37. The van der Waals surface area contributed by atoms with Crippen LogP contribution in [0.1, 0.15) is 5.56 Å². The topological polar surface area (TPSA) is 33.4 Å². The number of benzene rings is 1. The van der Waals surface area contributed by atoms with E-state index in [1.165, 1.54) is 24.7 Å². The number of rotatable bonds is 1. The average molecular weight is 192 g/mol. The molecular formula is C11H9FO2. The molecule has 0 radical (unpaired) electrons. The third kappa shape index (κ3) is 1.37. The van der Waals surface area contributed by atoms with Crippen LogP contribution >= 0.6 is 0 Å². The van der Waals surface area contributed by atoms with E-state index in [0.29, 0.717) is 16.7 Å². The Hall–Kier alpha value is -1.77. The van der Waals surface area contributed by atoms with Crippen LogP contribution in [0.3, 0.4) is 0 Å². The second-order valence-electron chi connectivity index (χ2n) is 3.13. The maximum Gasteiger partial charge on any atom is 0.126 e. The first kappa shape index (κ1) is 8.81. The van der Waals surface area contributed by atoms with Gasteiger partial charge in [0.25, 0.3) is 0 Å². The molecule has 0 bridgehead atoms. The van der Waals surface area contributed by atoms with E-state index in [4.69, 9.17) is 4.42 Å². The lowest BCUT2D eigenvalue weighted by molar-refractivity contribution is 0.470. The van der Waals surface area contributed by atoms with Crippen LogP contribution in [-0.4, -0.2) is 5.11 Å². The Kier molecular flexibility index (Phi) is 2.00. The Labute approximate surface area is 80.6 Å². The molecule has 3 heteroatoms. The standard InChI is InChI=1S/C11H9FO2/c1-7-4-9(12)5-10(11(7)13)8-2-3-14-6-8/h2-6,13H,1H3. The quantitative estimate of drug-likeness (QED) is 0.753. The van der Waals surface area contributed by atoms with Crippen molar-refractivity contribution in [2.75, 3.05) is 0 Å². The molecule has 2 nitrogen and oxygen atoms in total. The normalized spacial score (nSPS) is 10.4. The molecule has 2 rings (SSSR count). The van der Waals surface area contributed by atoms with Crippen molar-refractivity contribution in [1.29, 1.82) is 0 Å². The number of aromatic hydroxyl groups is 1. The third-order valence-corrected chi connectivity index (χ3v) is 2.10. The van der Waals surface area contributed by atoms with Gasteiger partial charge in [0.1, 0.15) is 11.6 Å². The second-order valence-corrected chi connectivity index (χ2v) is 3.13. The molecule has 1 heterocycles. The van der Waals surface area contributed by atoms with Crippen molar-refractivity contribution in [3.05, 3.63) is 42.1 Å². The summed E-state index contributed by atoms with van der Waals surface area (Å²) in [6.07, 6.45) is 2.95. The molecule has 0 amide bonds. The fourth-order valence-electron chi connectivity index (χ4n) is 1.37. The number of hydrogen-bond acceptors (Lipinski definition) is 2. The number of hydrogen-bond donors (Lipinski definition) is 1. The number of aryl methyl sites for hydroxylation is 1. The van der Waals surface area contributed by atoms with Gasteiger partial charge in [-0.25, -0.2) is 4.39 Å². The molecule has 0 aliphatic carbocycles. The first-order valence-corrected chi connectivity index (χ1v) is 4.20. The molecule has 1 N–H and O–H groups in total. The molecule has 14 heavy (non-hydrogen) atoms. The Balaban J connectivity index is 2.64. The Morgan fingerprint density at radius 2 is 2.14 bits per heavy atom. The van der Waals surface area contributed by atoms with Crippen molar-refractivity contribution in [2.24, 2.45) is 0 Å². The van der Waals surface area contributed by atoms with Crippen molar-refractivity contribution in [2.45, 2.75) is 6.92 Å². The molecule has 1 aromatic carbocycles. The smallest absolute Gasteiger partial charge is 0.126 e. The van der Waals surface area contributed by atoms with Crippen molar-refractivity contribution in [3.8, 4) is 16.9 Å². The van der Waals surface area contributed by atoms with Crippen LogP contribution in [-0.2, 0) is 0 Å². The monoisotopic (exact) mass is 192 g/mol. The van der Waals surface area contributed by atoms with Crippen LogP contribution in [0, 0.1) is 12.7 Å². The largest absolute Gasteiger partial charge is 0.507 e. The predicted molar refractivity (Wildman–Crippen MR) is 50.5 cm³/mol. The SMILES string of the molecule is Cc1cc(F)cc(-c2ccoc2)c1O. The number of halogens is 1. The van der Waals surface area contributed by atoms with Gasteiger partial charge >= 0.3 is 0 Å². The molecule has 0 spiro atoms. The van der Waals surface area contributed by atoms with Crippen molar-refractivity contribution in [3.63, 3.8) is 0 Å². The average Bonchev–Trinajstić information content (AvgIpc) is 2.63. The van der Waals surface area contributed by atoms with Gasteiger partial charge < -0.3 is 9.52 Å². The van der Waals surface area contributed by atoms with Gasteiger partial charge in [0.2, 0.25) is 0 Å². The van der Waals surface area contributed by atoms with Gasteiger partial charge in [0.15, 0.2) is 0 Å². The van der Waals surface area contributed by atoms with Gasteiger partial charge in [0, 0.05) is 11.1 Å². The molecule has 0 aliphatic rings. The number of phenols is 1. The van der Waals surface area contributed by atoms with Gasteiger partial charge in [-0.15, -0.1) is 0 Å². The second kappa shape index (κ2) is 3.18. The number of furan rings is 1. The zero-order chi connectivity index (χ0) is 10.1. The minimum absolute atomic E-state index is 0.0906. The van der Waals surface area contributed by atoms with Crippen molar-refractivity contribution >= 4 is 0 Å². The molecule has 2 aromatic rings. The number of phenolic OH excluding ortho intramolecular Hbond substituents is 1. The van der Waals surface area contributed by atoms with Crippen molar-refractivity contribution in [1.82, 2.24) is 0 Å². The molecule has 0 unspecified atom stereocenters. The summed E-state index contributed by atoms with van der Waals surface area (Å²) < 4.78 is 17.9. The highest BCUT2D eigenvalue weighted by atomic mass is 19.1. The lowest BCUT2D eigenvalue weighted by atomic mass is 10.0. The molecule has 0 atom stereocenters. The van der Waals surface area contributed by atoms with E-state index < -0.39 is 0 Å². The van der Waals surface area contributed by atoms with Gasteiger partial charge in [-0.2, -0.15) is 0 Å². The minimum atomic E-state index is -0.364. The van der Waals surface area contributed by atoms with Crippen LogP contribution in [0.4, 0.5) is 4.39 Å². The van der Waals surface area contributed by atoms with E-state index in [1.54, 1.807) is 13.0 Å². The highest BCUT2D eigenvalue weighted by Crippen LogP contribution is 2.32. The fraction of sp³-hybridized carbons (Fsp3) is 0.0909. The highest BCUT2D eigenvalue weighted by molar-refractivity contribution is 5.70. The van der Waals surface area contributed by atoms with E-state index in [0.717, 1.165) is 0 Å². The zero-order valence-electron chi connectivity index (χ0n) is 7.62. The summed E-state index contributed by atoms with van der Waals surface area (Å²) in [5, 5.41) is 9.69. The summed E-state index contributed by atoms with van der Waals surface area (Å²) in [6, 6.07) is 4.25. The first-order valence-electron chi connectivity index (χ1n) is 4.20. The molecule has 1 aromatic heterocycles. The van der Waals surface area contributed by atoms with Crippen LogP contribution in [0.2, 0.25) is 0 Å². The molecule has 72 valence electrons. The van der Waals surface area contributed by atoms with E-state index in [-0.39, 0.29) is 11.6 Å². The lowest BCUT2D eigenvalue weighted by Gasteiger charge is -2.04. The Bertz CT molecular complexity index is 447. The molecule has 0 fully saturated rings. The van der Waals surface area contributed by atoms with Gasteiger partial charge in [-0.3, -0.25) is 0 Å². The first-order chi connectivity index (χ1) is 6.68. The summed E-state index contributed by atoms with van der Waals surface area (Å²) in [6.45, 7) is 1.65. The lowest BCUT2D eigenvalue weighted by Crippen LogP contribution is -1.84. The molecular weight excluding hydrogens is 183 g/mol. The molecule has 0 saturated heterocycles. The summed E-state index contributed by atoms with van der Waals surface area (Å²) >= 11 is 0. The van der Waals surface area contributed by atoms with Crippen LogP contribution in [0.15, 0.2) is 35.1 Å². The van der Waals surface area contributed by atoms with E-state index in [1.807, 2.05) is 0 Å². The van der Waals surface area contributed by atoms with E-state index in [2.05, 4.69) is 0 Å². The van der Waals surface area contributed by atoms with Gasteiger partial charge in [-0.05, 0) is 30.7 Å². The predicted octanol–water partition coefficient (Wildman–Crippen LogP) is 3.10. The van der Waals surface area contributed by atoms with Crippen LogP contribution in [0.5, 0.6) is 5.75 Å². The highest BCUT2D eigenvalue weighted by Gasteiger charge is 2.09. The maximum absolute atomic E-state index is 13.1. The minimum Gasteiger partial charge on any atom is -0.507 e. The molecule has 0 aliphatic heterocycles. The summed E-state index contributed by atoms with van der Waals surface area (Å²) in [5.74, 6) is -0.274. The van der Waals surface area contributed by atoms with Crippen molar-refractivity contribution < 1.29 is 13.9 Å². The van der Waals surface area contributed by atoms with E-state index in [9.17, 15) is 9.50 Å². The summed E-state index contributed by atoms with van der Waals surface area (Å²) in [5.41, 5.74) is 1.64. The maximum atomic E-state index is 13.1. The van der Waals surface area contributed by atoms with Gasteiger partial charge in [0.05, 0.1) is 12.5 Å². The summed E-state index contributed by atoms with van der Waals surface area (Å²) in [7, 11) is 0. The molecule has 0 saturated carbocycles. The zero-order valence-corrected chi connectivity index (χ0v) is 7.62. The van der Waals surface area contributed by atoms with Crippen LogP contribution in [0.25, 0.3) is 11.1 Å². The Morgan fingerprint density at radius 3 is 2.79 bits per heavy atom. The van der Waals surface area contributed by atoms with E-state index >= 15 is 0 Å².